The molecule has 5 nitrogen and oxygen atoms in total. The summed E-state index contributed by atoms with van der Waals surface area (Å²) in [5.41, 5.74) is 6.73. The van der Waals surface area contributed by atoms with Gasteiger partial charge in [-0.1, -0.05) is 13.8 Å². The highest BCUT2D eigenvalue weighted by Crippen LogP contribution is 2.22. The molecule has 0 spiro atoms. The minimum atomic E-state index is -0.240. The molecule has 1 unspecified atom stereocenters. The van der Waals surface area contributed by atoms with Crippen molar-refractivity contribution in [2.75, 3.05) is 18.9 Å². The average molecular weight is 280 g/mol. The van der Waals surface area contributed by atoms with Crippen LogP contribution in [0.5, 0.6) is 5.75 Å². The van der Waals surface area contributed by atoms with Crippen molar-refractivity contribution in [2.45, 2.75) is 33.2 Å². The number of hydrogen-bond acceptors (Lipinski definition) is 4. The summed E-state index contributed by atoms with van der Waals surface area (Å²) in [7, 11) is 0. The molecule has 0 heterocycles. The maximum Gasteiger partial charge on any atom is 0.251 e. The number of aliphatic hydroxyl groups is 1. The number of aliphatic hydroxyl groups excluding tert-OH is 1. The second-order valence-corrected chi connectivity index (χ2v) is 5.17. The van der Waals surface area contributed by atoms with E-state index in [0.29, 0.717) is 29.5 Å². The first-order chi connectivity index (χ1) is 9.47. The molecular formula is C15H24N2O3. The van der Waals surface area contributed by atoms with E-state index >= 15 is 0 Å². The number of ether oxygens (including phenoxy) is 1. The van der Waals surface area contributed by atoms with Crippen LogP contribution in [0.2, 0.25) is 0 Å². The number of carbonyl (C=O) groups is 1. The molecule has 0 radical (unpaired) electrons. The predicted octanol–water partition coefficient (Wildman–Crippen LogP) is 1.80. The summed E-state index contributed by atoms with van der Waals surface area (Å²) in [5, 5.41) is 12.1. The van der Waals surface area contributed by atoms with Crippen LogP contribution in [-0.2, 0) is 0 Å². The normalized spacial score (nSPS) is 12.2. The zero-order valence-electron chi connectivity index (χ0n) is 12.3. The van der Waals surface area contributed by atoms with Gasteiger partial charge in [0, 0.05) is 5.56 Å². The molecule has 0 aliphatic heterocycles. The number of amides is 1. The van der Waals surface area contributed by atoms with E-state index in [1.807, 2.05) is 20.8 Å². The standard InChI is InChI=1S/C15H24N2O3/c1-4-20-14-6-5-11(8-13(14)16)15(19)17-12(9-18)7-10(2)3/h5-6,8,10,12,18H,4,7,9,16H2,1-3H3,(H,17,19). The molecule has 1 amide bonds. The van der Waals surface area contributed by atoms with Crippen molar-refractivity contribution in [3.63, 3.8) is 0 Å². The molecule has 0 aromatic heterocycles. The first-order valence-corrected chi connectivity index (χ1v) is 6.92. The lowest BCUT2D eigenvalue weighted by Crippen LogP contribution is -2.38. The third-order valence-electron chi connectivity index (χ3n) is 2.88. The predicted molar refractivity (Wildman–Crippen MR) is 79.8 cm³/mol. The van der Waals surface area contributed by atoms with Crippen molar-refractivity contribution < 1.29 is 14.6 Å². The Morgan fingerprint density at radius 2 is 2.15 bits per heavy atom. The number of anilines is 1. The Morgan fingerprint density at radius 3 is 2.65 bits per heavy atom. The van der Waals surface area contributed by atoms with Crippen LogP contribution in [0.1, 0.15) is 37.6 Å². The van der Waals surface area contributed by atoms with Crippen LogP contribution in [0.15, 0.2) is 18.2 Å². The first kappa shape index (κ1) is 16.3. The molecule has 0 saturated carbocycles. The topological polar surface area (TPSA) is 84.6 Å². The Bertz CT molecular complexity index is 447. The van der Waals surface area contributed by atoms with Crippen molar-refractivity contribution in [3.8, 4) is 5.75 Å². The summed E-state index contributed by atoms with van der Waals surface area (Å²) in [4.78, 5) is 12.1. The Balaban J connectivity index is 2.74. The van der Waals surface area contributed by atoms with Crippen molar-refractivity contribution in [3.05, 3.63) is 23.8 Å². The Kier molecular flexibility index (Phi) is 6.31. The van der Waals surface area contributed by atoms with Gasteiger partial charge in [0.15, 0.2) is 0 Å². The fraction of sp³-hybridized carbons (Fsp3) is 0.533. The van der Waals surface area contributed by atoms with Crippen LogP contribution < -0.4 is 15.8 Å². The van der Waals surface area contributed by atoms with Gasteiger partial charge in [0.05, 0.1) is 24.9 Å². The van der Waals surface area contributed by atoms with Gasteiger partial charge in [-0.05, 0) is 37.5 Å². The van der Waals surface area contributed by atoms with Crippen LogP contribution in [-0.4, -0.2) is 30.3 Å². The van der Waals surface area contributed by atoms with Gasteiger partial charge in [0.25, 0.3) is 5.91 Å². The summed E-state index contributed by atoms with van der Waals surface area (Å²) in [6.07, 6.45) is 0.731. The van der Waals surface area contributed by atoms with Gasteiger partial charge in [-0.2, -0.15) is 0 Å². The summed E-state index contributed by atoms with van der Waals surface area (Å²) in [5.74, 6) is 0.738. The minimum Gasteiger partial charge on any atom is -0.492 e. The molecule has 112 valence electrons. The molecule has 1 rings (SSSR count). The van der Waals surface area contributed by atoms with Crippen LogP contribution in [0.4, 0.5) is 5.69 Å². The number of rotatable bonds is 7. The number of nitrogens with one attached hydrogen (secondary N) is 1. The number of benzene rings is 1. The summed E-state index contributed by atoms with van der Waals surface area (Å²) in [6.45, 7) is 6.42. The highest BCUT2D eigenvalue weighted by Gasteiger charge is 2.15. The van der Waals surface area contributed by atoms with Gasteiger partial charge in [-0.15, -0.1) is 0 Å². The van der Waals surface area contributed by atoms with Crippen LogP contribution in [0.3, 0.4) is 0 Å². The van der Waals surface area contributed by atoms with E-state index in [0.717, 1.165) is 6.42 Å². The zero-order chi connectivity index (χ0) is 15.1. The van der Waals surface area contributed by atoms with Gasteiger partial charge in [0.2, 0.25) is 0 Å². The molecule has 0 saturated heterocycles. The molecule has 0 bridgehead atoms. The smallest absolute Gasteiger partial charge is 0.251 e. The number of hydrogen-bond donors (Lipinski definition) is 3. The van der Waals surface area contributed by atoms with Gasteiger partial charge < -0.3 is 20.9 Å². The fourth-order valence-electron chi connectivity index (χ4n) is 1.99. The molecular weight excluding hydrogens is 256 g/mol. The summed E-state index contributed by atoms with van der Waals surface area (Å²) in [6, 6.07) is 4.70. The van der Waals surface area contributed by atoms with Crippen molar-refractivity contribution in [1.29, 1.82) is 0 Å². The van der Waals surface area contributed by atoms with Gasteiger partial charge in [-0.25, -0.2) is 0 Å². The van der Waals surface area contributed by atoms with Crippen molar-refractivity contribution in [2.24, 2.45) is 5.92 Å². The number of nitrogen functional groups attached to an aromatic ring is 1. The van der Waals surface area contributed by atoms with Crippen molar-refractivity contribution in [1.82, 2.24) is 5.32 Å². The monoisotopic (exact) mass is 280 g/mol. The molecule has 0 aliphatic carbocycles. The molecule has 0 fully saturated rings. The average Bonchev–Trinajstić information content (AvgIpc) is 2.39. The highest BCUT2D eigenvalue weighted by molar-refractivity contribution is 5.95. The molecule has 5 heteroatoms. The largest absolute Gasteiger partial charge is 0.492 e. The number of nitrogens with two attached hydrogens (primary N) is 1. The molecule has 4 N–H and O–H groups in total. The zero-order valence-corrected chi connectivity index (χ0v) is 12.3. The summed E-state index contributed by atoms with van der Waals surface area (Å²) < 4.78 is 5.33. The number of carbonyl (C=O) groups excluding carboxylic acids is 1. The lowest BCUT2D eigenvalue weighted by Gasteiger charge is -2.18. The van der Waals surface area contributed by atoms with E-state index in [1.165, 1.54) is 0 Å². The van der Waals surface area contributed by atoms with Gasteiger partial charge in [-0.3, -0.25) is 4.79 Å². The van der Waals surface area contributed by atoms with Crippen molar-refractivity contribution >= 4 is 11.6 Å². The van der Waals surface area contributed by atoms with E-state index in [9.17, 15) is 9.90 Å². The maximum atomic E-state index is 12.1. The third-order valence-corrected chi connectivity index (χ3v) is 2.88. The summed E-state index contributed by atoms with van der Waals surface area (Å²) >= 11 is 0. The van der Waals surface area contributed by atoms with Gasteiger partial charge in [0.1, 0.15) is 5.75 Å². The molecule has 20 heavy (non-hydrogen) atoms. The fourth-order valence-corrected chi connectivity index (χ4v) is 1.99. The Morgan fingerprint density at radius 1 is 1.45 bits per heavy atom. The molecule has 0 aliphatic rings. The maximum absolute atomic E-state index is 12.1. The van der Waals surface area contributed by atoms with E-state index in [4.69, 9.17) is 10.5 Å². The third kappa shape index (κ3) is 4.74. The second kappa shape index (κ2) is 7.75. The molecule has 1 aromatic carbocycles. The lowest BCUT2D eigenvalue weighted by molar-refractivity contribution is 0.0908. The Hall–Kier alpha value is -1.75. The molecule has 1 atom stereocenters. The molecule has 1 aromatic rings. The van der Waals surface area contributed by atoms with Crippen LogP contribution >= 0.6 is 0 Å². The van der Waals surface area contributed by atoms with Crippen LogP contribution in [0, 0.1) is 5.92 Å². The second-order valence-electron chi connectivity index (χ2n) is 5.17. The van der Waals surface area contributed by atoms with Crippen LogP contribution in [0.25, 0.3) is 0 Å². The first-order valence-electron chi connectivity index (χ1n) is 6.92. The lowest BCUT2D eigenvalue weighted by atomic mass is 10.0. The SMILES string of the molecule is CCOc1ccc(C(=O)NC(CO)CC(C)C)cc1N. The van der Waals surface area contributed by atoms with E-state index in [-0.39, 0.29) is 18.6 Å². The minimum absolute atomic E-state index is 0.0730. The Labute approximate surface area is 120 Å². The van der Waals surface area contributed by atoms with E-state index in [2.05, 4.69) is 5.32 Å². The van der Waals surface area contributed by atoms with Gasteiger partial charge >= 0.3 is 0 Å². The highest BCUT2D eigenvalue weighted by atomic mass is 16.5. The van der Waals surface area contributed by atoms with E-state index < -0.39 is 0 Å². The van der Waals surface area contributed by atoms with E-state index in [1.54, 1.807) is 18.2 Å². The quantitative estimate of drug-likeness (QED) is 0.665.